The summed E-state index contributed by atoms with van der Waals surface area (Å²) in [6.45, 7) is 4.18. The molecule has 1 saturated carbocycles. The molecule has 1 aliphatic heterocycles. The predicted molar refractivity (Wildman–Crippen MR) is 76.8 cm³/mol. The third-order valence-electron chi connectivity index (χ3n) is 4.60. The molecule has 2 fully saturated rings. The van der Waals surface area contributed by atoms with Crippen molar-refractivity contribution in [2.75, 3.05) is 13.1 Å². The lowest BCUT2D eigenvalue weighted by Gasteiger charge is -2.33. The van der Waals surface area contributed by atoms with Crippen molar-refractivity contribution in [3.63, 3.8) is 0 Å². The number of hydrogen-bond acceptors (Lipinski definition) is 2. The molecule has 1 saturated heterocycles. The van der Waals surface area contributed by atoms with Gasteiger partial charge in [0.2, 0.25) is 5.91 Å². The first-order valence-electron chi connectivity index (χ1n) is 7.24. The Balaban J connectivity index is 0.00000162. The van der Waals surface area contributed by atoms with E-state index in [2.05, 4.69) is 11.8 Å². The van der Waals surface area contributed by atoms with Crippen LogP contribution < -0.4 is 5.73 Å². The fourth-order valence-corrected chi connectivity index (χ4v) is 3.30. The molecule has 0 radical (unpaired) electrons. The Morgan fingerprint density at radius 1 is 1.28 bits per heavy atom. The summed E-state index contributed by atoms with van der Waals surface area (Å²) in [4.78, 5) is 14.3. The van der Waals surface area contributed by atoms with Gasteiger partial charge in [0.25, 0.3) is 0 Å². The van der Waals surface area contributed by atoms with Gasteiger partial charge in [-0.15, -0.1) is 12.4 Å². The Hall–Kier alpha value is -0.280. The van der Waals surface area contributed by atoms with E-state index < -0.39 is 0 Å². The van der Waals surface area contributed by atoms with Crippen molar-refractivity contribution in [2.45, 2.75) is 57.9 Å². The minimum atomic E-state index is 0. The minimum absolute atomic E-state index is 0. The second kappa shape index (κ2) is 7.34. The van der Waals surface area contributed by atoms with E-state index in [9.17, 15) is 4.79 Å². The number of nitrogens with zero attached hydrogens (tertiary/aromatic N) is 1. The summed E-state index contributed by atoms with van der Waals surface area (Å²) in [5.74, 6) is 1.53. The quantitative estimate of drug-likeness (QED) is 0.860. The van der Waals surface area contributed by atoms with E-state index in [-0.39, 0.29) is 18.4 Å². The van der Waals surface area contributed by atoms with E-state index >= 15 is 0 Å². The van der Waals surface area contributed by atoms with Crippen molar-refractivity contribution < 1.29 is 4.79 Å². The van der Waals surface area contributed by atoms with E-state index in [0.29, 0.717) is 18.2 Å². The van der Waals surface area contributed by atoms with Gasteiger partial charge in [-0.3, -0.25) is 4.79 Å². The maximum Gasteiger partial charge on any atom is 0.222 e. The molecule has 2 rings (SSSR count). The van der Waals surface area contributed by atoms with Crippen LogP contribution in [0, 0.1) is 11.8 Å². The number of likely N-dealkylation sites (tertiary alicyclic amines) is 1. The summed E-state index contributed by atoms with van der Waals surface area (Å²) >= 11 is 0. The minimum Gasteiger partial charge on any atom is -0.342 e. The van der Waals surface area contributed by atoms with Gasteiger partial charge in [-0.1, -0.05) is 19.8 Å². The molecule has 0 aromatic carbocycles. The second-order valence-electron chi connectivity index (χ2n) is 5.82. The fourth-order valence-electron chi connectivity index (χ4n) is 3.30. The third kappa shape index (κ3) is 3.86. The van der Waals surface area contributed by atoms with E-state index in [1.165, 1.54) is 25.7 Å². The van der Waals surface area contributed by atoms with Crippen molar-refractivity contribution in [3.8, 4) is 0 Å². The first kappa shape index (κ1) is 15.8. The molecule has 3 atom stereocenters. The zero-order valence-corrected chi connectivity index (χ0v) is 12.3. The normalized spacial score (nSPS) is 32.1. The van der Waals surface area contributed by atoms with E-state index in [4.69, 9.17) is 5.73 Å². The summed E-state index contributed by atoms with van der Waals surface area (Å²) in [5.41, 5.74) is 6.04. The summed E-state index contributed by atoms with van der Waals surface area (Å²) in [5, 5.41) is 0. The van der Waals surface area contributed by atoms with Crippen molar-refractivity contribution in [1.29, 1.82) is 0 Å². The lowest BCUT2D eigenvalue weighted by atomic mass is 9.94. The van der Waals surface area contributed by atoms with Crippen LogP contribution >= 0.6 is 12.4 Å². The molecule has 18 heavy (non-hydrogen) atoms. The number of nitrogens with two attached hydrogens (primary N) is 1. The van der Waals surface area contributed by atoms with Crippen LogP contribution in [0.3, 0.4) is 0 Å². The van der Waals surface area contributed by atoms with Crippen molar-refractivity contribution in [1.82, 2.24) is 4.90 Å². The first-order valence-corrected chi connectivity index (χ1v) is 7.24. The molecular weight excluding hydrogens is 248 g/mol. The molecule has 0 aromatic rings. The number of hydrogen-bond donors (Lipinski definition) is 1. The van der Waals surface area contributed by atoms with Crippen LogP contribution in [0.25, 0.3) is 0 Å². The SMILES string of the molecule is CCC1CCCN(C(=O)C[C@@H]2CCC[C@H]2N)C1.Cl. The van der Waals surface area contributed by atoms with Gasteiger partial charge >= 0.3 is 0 Å². The average molecular weight is 275 g/mol. The van der Waals surface area contributed by atoms with Gasteiger partial charge in [-0.05, 0) is 37.5 Å². The fraction of sp³-hybridized carbons (Fsp3) is 0.929. The highest BCUT2D eigenvalue weighted by atomic mass is 35.5. The van der Waals surface area contributed by atoms with Crippen LogP contribution in [0.5, 0.6) is 0 Å². The number of amides is 1. The van der Waals surface area contributed by atoms with Crippen LogP contribution in [0.2, 0.25) is 0 Å². The van der Waals surface area contributed by atoms with Gasteiger partial charge < -0.3 is 10.6 Å². The van der Waals surface area contributed by atoms with Gasteiger partial charge in [0.1, 0.15) is 0 Å². The van der Waals surface area contributed by atoms with Gasteiger partial charge in [0, 0.05) is 25.6 Å². The van der Waals surface area contributed by atoms with E-state index in [1.807, 2.05) is 0 Å². The molecule has 106 valence electrons. The Morgan fingerprint density at radius 3 is 2.67 bits per heavy atom. The molecule has 1 aliphatic carbocycles. The lowest BCUT2D eigenvalue weighted by Crippen LogP contribution is -2.41. The Kier molecular flexibility index (Phi) is 6.44. The molecule has 0 aromatic heterocycles. The van der Waals surface area contributed by atoms with Crippen molar-refractivity contribution in [3.05, 3.63) is 0 Å². The number of carbonyl (C=O) groups excluding carboxylic acids is 1. The highest BCUT2D eigenvalue weighted by Gasteiger charge is 2.29. The summed E-state index contributed by atoms with van der Waals surface area (Å²) in [7, 11) is 0. The van der Waals surface area contributed by atoms with Crippen LogP contribution in [0.4, 0.5) is 0 Å². The zero-order valence-electron chi connectivity index (χ0n) is 11.4. The van der Waals surface area contributed by atoms with Crippen LogP contribution in [-0.4, -0.2) is 29.9 Å². The summed E-state index contributed by atoms with van der Waals surface area (Å²) in [6.07, 6.45) is 7.83. The van der Waals surface area contributed by atoms with Gasteiger partial charge in [0.05, 0.1) is 0 Å². The highest BCUT2D eigenvalue weighted by Crippen LogP contribution is 2.28. The molecule has 2 aliphatic rings. The Bertz CT molecular complexity index is 273. The van der Waals surface area contributed by atoms with E-state index in [1.54, 1.807) is 0 Å². The van der Waals surface area contributed by atoms with E-state index in [0.717, 1.165) is 31.8 Å². The predicted octanol–water partition coefficient (Wildman–Crippen LogP) is 2.57. The maximum absolute atomic E-state index is 12.2. The Morgan fingerprint density at radius 2 is 2.06 bits per heavy atom. The maximum atomic E-state index is 12.2. The Labute approximate surface area is 117 Å². The van der Waals surface area contributed by atoms with Crippen LogP contribution in [-0.2, 0) is 4.79 Å². The third-order valence-corrected chi connectivity index (χ3v) is 4.60. The number of rotatable bonds is 3. The lowest BCUT2D eigenvalue weighted by molar-refractivity contribution is -0.134. The molecular formula is C14H27ClN2O. The highest BCUT2D eigenvalue weighted by molar-refractivity contribution is 5.85. The first-order chi connectivity index (χ1) is 8.20. The summed E-state index contributed by atoms with van der Waals surface area (Å²) in [6, 6.07) is 0.269. The molecule has 1 amide bonds. The van der Waals surface area contributed by atoms with Crippen LogP contribution in [0.1, 0.15) is 51.9 Å². The van der Waals surface area contributed by atoms with Crippen LogP contribution in [0.15, 0.2) is 0 Å². The standard InChI is InChI=1S/C14H26N2O.ClH/c1-2-11-5-4-8-16(10-11)14(17)9-12-6-3-7-13(12)15;/h11-13H,2-10,15H2,1H3;1H/t11?,12-,13+;/m0./s1. The summed E-state index contributed by atoms with van der Waals surface area (Å²) < 4.78 is 0. The van der Waals surface area contributed by atoms with Gasteiger partial charge in [-0.2, -0.15) is 0 Å². The van der Waals surface area contributed by atoms with Gasteiger partial charge in [0.15, 0.2) is 0 Å². The molecule has 1 unspecified atom stereocenters. The number of piperidine rings is 1. The zero-order chi connectivity index (χ0) is 12.3. The average Bonchev–Trinajstić information content (AvgIpc) is 2.75. The largest absolute Gasteiger partial charge is 0.342 e. The molecule has 0 bridgehead atoms. The molecule has 4 heteroatoms. The molecule has 3 nitrogen and oxygen atoms in total. The topological polar surface area (TPSA) is 46.3 Å². The van der Waals surface area contributed by atoms with Gasteiger partial charge in [-0.25, -0.2) is 0 Å². The molecule has 2 N–H and O–H groups in total. The number of carbonyl (C=O) groups is 1. The number of halogens is 1. The molecule has 1 heterocycles. The smallest absolute Gasteiger partial charge is 0.222 e. The van der Waals surface area contributed by atoms with Crippen molar-refractivity contribution in [2.24, 2.45) is 17.6 Å². The monoisotopic (exact) mass is 274 g/mol. The van der Waals surface area contributed by atoms with Crippen molar-refractivity contribution >= 4 is 18.3 Å². The second-order valence-corrected chi connectivity index (χ2v) is 5.82. The molecule has 0 spiro atoms.